The summed E-state index contributed by atoms with van der Waals surface area (Å²) in [5, 5.41) is 2.91. The van der Waals surface area contributed by atoms with Gasteiger partial charge in [0.1, 0.15) is 0 Å². The molecule has 0 aliphatic carbocycles. The highest BCUT2D eigenvalue weighted by molar-refractivity contribution is 6.05. The van der Waals surface area contributed by atoms with E-state index in [9.17, 15) is 14.4 Å². The van der Waals surface area contributed by atoms with Crippen molar-refractivity contribution in [2.75, 3.05) is 26.0 Å². The second-order valence-electron chi connectivity index (χ2n) is 6.25. The maximum absolute atomic E-state index is 12.3. The van der Waals surface area contributed by atoms with Crippen molar-refractivity contribution in [1.82, 2.24) is 9.80 Å². The summed E-state index contributed by atoms with van der Waals surface area (Å²) < 4.78 is 0. The number of hydrogen-bond donors (Lipinski definition) is 1. The summed E-state index contributed by atoms with van der Waals surface area (Å²) in [7, 11) is 3.15. The van der Waals surface area contributed by atoms with E-state index in [4.69, 9.17) is 0 Å². The van der Waals surface area contributed by atoms with Crippen LogP contribution >= 0.6 is 0 Å². The van der Waals surface area contributed by atoms with E-state index in [1.54, 1.807) is 11.9 Å². The maximum Gasteiger partial charge on any atom is 0.246 e. The van der Waals surface area contributed by atoms with E-state index >= 15 is 0 Å². The summed E-state index contributed by atoms with van der Waals surface area (Å²) in [4.78, 5) is 38.6. The van der Waals surface area contributed by atoms with Gasteiger partial charge in [-0.3, -0.25) is 24.2 Å². The van der Waals surface area contributed by atoms with Crippen LogP contribution < -0.4 is 5.32 Å². The number of carbonyl (C=O) groups is 3. The Morgan fingerprint density at radius 3 is 2.30 bits per heavy atom. The number of benzene rings is 1. The van der Waals surface area contributed by atoms with Crippen molar-refractivity contribution in [3.8, 4) is 0 Å². The summed E-state index contributed by atoms with van der Waals surface area (Å²) in [6, 6.07) is 3.47. The van der Waals surface area contributed by atoms with Gasteiger partial charge in [0, 0.05) is 12.7 Å². The van der Waals surface area contributed by atoms with Crippen LogP contribution in [0, 0.1) is 20.8 Å². The Bertz CT molecular complexity index is 646. The topological polar surface area (TPSA) is 69.7 Å². The molecule has 3 amide bonds. The molecule has 124 valence electrons. The molecule has 1 atom stereocenters. The van der Waals surface area contributed by atoms with Crippen LogP contribution in [0.2, 0.25) is 0 Å². The van der Waals surface area contributed by atoms with Gasteiger partial charge in [-0.25, -0.2) is 0 Å². The molecule has 1 saturated heterocycles. The Labute approximate surface area is 136 Å². The van der Waals surface area contributed by atoms with Crippen LogP contribution in [0.5, 0.6) is 0 Å². The number of imide groups is 1. The zero-order valence-electron chi connectivity index (χ0n) is 14.3. The number of nitrogens with one attached hydrogen (secondary N) is 1. The normalized spacial score (nSPS) is 18.0. The van der Waals surface area contributed by atoms with Gasteiger partial charge in [-0.15, -0.1) is 0 Å². The Hall–Kier alpha value is -2.21. The average Bonchev–Trinajstić information content (AvgIpc) is 2.70. The third-order valence-electron chi connectivity index (χ3n) is 4.22. The van der Waals surface area contributed by atoms with Crippen LogP contribution in [0.3, 0.4) is 0 Å². The van der Waals surface area contributed by atoms with Gasteiger partial charge in [0.05, 0.1) is 19.0 Å². The lowest BCUT2D eigenvalue weighted by molar-refractivity contribution is -0.137. The highest BCUT2D eigenvalue weighted by atomic mass is 16.2. The number of amides is 3. The van der Waals surface area contributed by atoms with Crippen molar-refractivity contribution in [2.24, 2.45) is 0 Å². The van der Waals surface area contributed by atoms with Crippen LogP contribution in [0.25, 0.3) is 0 Å². The molecule has 1 aliphatic rings. The highest BCUT2D eigenvalue weighted by Crippen LogP contribution is 2.22. The predicted octanol–water partition coefficient (Wildman–Crippen LogP) is 1.24. The first-order valence-corrected chi connectivity index (χ1v) is 7.59. The summed E-state index contributed by atoms with van der Waals surface area (Å²) in [6.07, 6.45) is 0.127. The van der Waals surface area contributed by atoms with Gasteiger partial charge in [-0.05, 0) is 38.9 Å². The van der Waals surface area contributed by atoms with E-state index in [1.165, 1.54) is 7.05 Å². The third-order valence-corrected chi connectivity index (χ3v) is 4.22. The van der Waals surface area contributed by atoms with Crippen LogP contribution in [0.4, 0.5) is 5.69 Å². The minimum Gasteiger partial charge on any atom is -0.324 e. The van der Waals surface area contributed by atoms with Crippen molar-refractivity contribution in [3.05, 3.63) is 28.8 Å². The quantitative estimate of drug-likeness (QED) is 0.848. The lowest BCUT2D eigenvalue weighted by Crippen LogP contribution is -2.42. The predicted molar refractivity (Wildman–Crippen MR) is 88.1 cm³/mol. The number of aryl methyl sites for hydroxylation is 3. The lowest BCUT2D eigenvalue weighted by atomic mass is 10.1. The Morgan fingerprint density at radius 1 is 1.26 bits per heavy atom. The van der Waals surface area contributed by atoms with Crippen LogP contribution in [0.15, 0.2) is 12.1 Å². The summed E-state index contributed by atoms with van der Waals surface area (Å²) in [6.45, 7) is 5.98. The van der Waals surface area contributed by atoms with Crippen molar-refractivity contribution in [1.29, 1.82) is 0 Å². The first-order valence-electron chi connectivity index (χ1n) is 7.59. The van der Waals surface area contributed by atoms with Crippen molar-refractivity contribution in [3.63, 3.8) is 0 Å². The molecule has 0 saturated carbocycles. The average molecular weight is 317 g/mol. The van der Waals surface area contributed by atoms with Crippen LogP contribution in [-0.4, -0.2) is 54.2 Å². The number of likely N-dealkylation sites (tertiary alicyclic amines) is 1. The molecule has 0 aromatic heterocycles. The Kier molecular flexibility index (Phi) is 4.85. The number of anilines is 1. The van der Waals surface area contributed by atoms with Gasteiger partial charge < -0.3 is 5.32 Å². The first-order chi connectivity index (χ1) is 10.7. The largest absolute Gasteiger partial charge is 0.324 e. The molecule has 0 bridgehead atoms. The molecular formula is C17H23N3O3. The SMILES string of the molecule is Cc1cc(C)c(NC(=O)CN(C)[C@H]2CC(=O)N(C)C2=O)c(C)c1. The maximum atomic E-state index is 12.3. The van der Waals surface area contributed by atoms with Crippen LogP contribution in [0.1, 0.15) is 23.1 Å². The number of likely N-dealkylation sites (N-methyl/N-ethyl adjacent to an activating group) is 2. The van der Waals surface area contributed by atoms with Gasteiger partial charge in [0.2, 0.25) is 17.7 Å². The standard InChI is InChI=1S/C17H23N3O3/c1-10-6-11(2)16(12(3)7-10)18-14(21)9-19(4)13-8-15(22)20(5)17(13)23/h6-7,13H,8-9H2,1-5H3,(H,18,21)/t13-/m0/s1. The molecule has 1 aromatic rings. The van der Waals surface area contributed by atoms with E-state index in [-0.39, 0.29) is 30.7 Å². The van der Waals surface area contributed by atoms with Gasteiger partial charge in [-0.2, -0.15) is 0 Å². The van der Waals surface area contributed by atoms with Gasteiger partial charge >= 0.3 is 0 Å². The molecule has 6 heteroatoms. The number of rotatable bonds is 4. The monoisotopic (exact) mass is 317 g/mol. The molecule has 2 rings (SSSR count). The Morgan fingerprint density at radius 2 is 1.83 bits per heavy atom. The molecule has 6 nitrogen and oxygen atoms in total. The fourth-order valence-electron chi connectivity index (χ4n) is 2.97. The second-order valence-corrected chi connectivity index (χ2v) is 6.25. The summed E-state index contributed by atoms with van der Waals surface area (Å²) >= 11 is 0. The lowest BCUT2D eigenvalue weighted by Gasteiger charge is -2.22. The zero-order valence-corrected chi connectivity index (χ0v) is 14.3. The van der Waals surface area contributed by atoms with Gasteiger partial charge in [0.25, 0.3) is 0 Å². The van der Waals surface area contributed by atoms with Crippen LogP contribution in [-0.2, 0) is 14.4 Å². The molecule has 1 fully saturated rings. The molecule has 1 aromatic carbocycles. The molecule has 1 aliphatic heterocycles. The minimum absolute atomic E-state index is 0.0598. The fourth-order valence-corrected chi connectivity index (χ4v) is 2.97. The molecule has 23 heavy (non-hydrogen) atoms. The van der Waals surface area contributed by atoms with Gasteiger partial charge in [0.15, 0.2) is 0 Å². The number of nitrogens with zero attached hydrogens (tertiary/aromatic N) is 2. The molecule has 0 radical (unpaired) electrons. The van der Waals surface area contributed by atoms with E-state index in [0.29, 0.717) is 0 Å². The molecular weight excluding hydrogens is 294 g/mol. The van der Waals surface area contributed by atoms with E-state index in [1.807, 2.05) is 32.9 Å². The number of hydrogen-bond acceptors (Lipinski definition) is 4. The fraction of sp³-hybridized carbons (Fsp3) is 0.471. The smallest absolute Gasteiger partial charge is 0.246 e. The second kappa shape index (κ2) is 6.50. The summed E-state index contributed by atoms with van der Waals surface area (Å²) in [5.74, 6) is -0.664. The van der Waals surface area contributed by atoms with Crippen molar-refractivity contribution >= 4 is 23.4 Å². The van der Waals surface area contributed by atoms with Crippen molar-refractivity contribution < 1.29 is 14.4 Å². The van der Waals surface area contributed by atoms with E-state index in [0.717, 1.165) is 27.3 Å². The van der Waals surface area contributed by atoms with Gasteiger partial charge in [-0.1, -0.05) is 17.7 Å². The highest BCUT2D eigenvalue weighted by Gasteiger charge is 2.38. The summed E-state index contributed by atoms with van der Waals surface area (Å²) in [5.41, 5.74) is 3.96. The molecule has 0 spiro atoms. The van der Waals surface area contributed by atoms with E-state index in [2.05, 4.69) is 5.32 Å². The zero-order chi connectivity index (χ0) is 17.3. The third kappa shape index (κ3) is 3.59. The minimum atomic E-state index is -0.557. The van der Waals surface area contributed by atoms with E-state index < -0.39 is 6.04 Å². The molecule has 1 heterocycles. The Balaban J connectivity index is 2.03. The van der Waals surface area contributed by atoms with Crippen molar-refractivity contribution in [2.45, 2.75) is 33.2 Å². The molecule has 1 N–H and O–H groups in total. The number of carbonyl (C=O) groups excluding carboxylic acids is 3. The molecule has 0 unspecified atom stereocenters. The first kappa shape index (κ1) is 17.1.